The minimum Gasteiger partial charge on any atom is -0.493 e. The van der Waals surface area contributed by atoms with Crippen LogP contribution in [-0.4, -0.2) is 49.2 Å². The minimum atomic E-state index is -0.859. The van der Waals surface area contributed by atoms with Crippen LogP contribution < -0.4 is 9.47 Å². The van der Waals surface area contributed by atoms with Crippen LogP contribution >= 0.6 is 0 Å². The van der Waals surface area contributed by atoms with Crippen molar-refractivity contribution in [3.63, 3.8) is 0 Å². The standard InChI is InChI=1S/C16H20FNO5/c1-9-8-18(5-4-10(9)16(20)21)15(19)11-6-13(22-2)14(23-3)7-12(11)17/h6-7,9-10H,4-5,8H2,1-3H3,(H,20,21). The second-order valence-corrected chi connectivity index (χ2v) is 5.65. The van der Waals surface area contributed by atoms with Crippen LogP contribution in [0.5, 0.6) is 11.5 Å². The summed E-state index contributed by atoms with van der Waals surface area (Å²) >= 11 is 0. The normalized spacial score (nSPS) is 21.0. The van der Waals surface area contributed by atoms with Gasteiger partial charge in [-0.15, -0.1) is 0 Å². The van der Waals surface area contributed by atoms with E-state index in [0.29, 0.717) is 6.42 Å². The van der Waals surface area contributed by atoms with E-state index in [2.05, 4.69) is 0 Å². The van der Waals surface area contributed by atoms with Crippen LogP contribution in [0.3, 0.4) is 0 Å². The number of halogens is 1. The molecule has 1 heterocycles. The first-order valence-corrected chi connectivity index (χ1v) is 7.32. The van der Waals surface area contributed by atoms with Gasteiger partial charge in [0, 0.05) is 19.2 Å². The van der Waals surface area contributed by atoms with Gasteiger partial charge in [-0.2, -0.15) is 0 Å². The molecule has 1 saturated heterocycles. The number of amides is 1. The van der Waals surface area contributed by atoms with Crippen LogP contribution in [0.15, 0.2) is 12.1 Å². The Hall–Kier alpha value is -2.31. The van der Waals surface area contributed by atoms with E-state index in [0.717, 1.165) is 6.07 Å². The molecule has 0 aliphatic carbocycles. The van der Waals surface area contributed by atoms with Crippen molar-refractivity contribution in [3.05, 3.63) is 23.5 Å². The third kappa shape index (κ3) is 3.38. The molecule has 1 amide bonds. The monoisotopic (exact) mass is 325 g/mol. The maximum absolute atomic E-state index is 14.2. The summed E-state index contributed by atoms with van der Waals surface area (Å²) in [7, 11) is 2.79. The molecule has 0 spiro atoms. The lowest BCUT2D eigenvalue weighted by molar-refractivity contribution is -0.145. The molecule has 1 N–H and O–H groups in total. The molecule has 1 aromatic carbocycles. The van der Waals surface area contributed by atoms with Gasteiger partial charge >= 0.3 is 5.97 Å². The summed E-state index contributed by atoms with van der Waals surface area (Å²) in [5.41, 5.74) is -0.108. The summed E-state index contributed by atoms with van der Waals surface area (Å²) in [6.45, 7) is 2.35. The van der Waals surface area contributed by atoms with Gasteiger partial charge in [-0.25, -0.2) is 4.39 Å². The molecule has 1 fully saturated rings. The summed E-state index contributed by atoms with van der Waals surface area (Å²) < 4.78 is 24.3. The molecular formula is C16H20FNO5. The molecule has 0 radical (unpaired) electrons. The van der Waals surface area contributed by atoms with Crippen LogP contribution in [0.2, 0.25) is 0 Å². The number of hydrogen-bond donors (Lipinski definition) is 1. The van der Waals surface area contributed by atoms with Crippen LogP contribution in [0.1, 0.15) is 23.7 Å². The number of carboxylic acids is 1. The molecule has 2 unspecified atom stereocenters. The number of benzene rings is 1. The smallest absolute Gasteiger partial charge is 0.306 e. The molecular weight excluding hydrogens is 305 g/mol. The molecule has 1 aliphatic rings. The van der Waals surface area contributed by atoms with Gasteiger partial charge in [0.25, 0.3) is 5.91 Å². The molecule has 0 bridgehead atoms. The van der Waals surface area contributed by atoms with Crippen LogP contribution in [-0.2, 0) is 4.79 Å². The van der Waals surface area contributed by atoms with Crippen molar-refractivity contribution >= 4 is 11.9 Å². The summed E-state index contributed by atoms with van der Waals surface area (Å²) in [6, 6.07) is 2.42. The number of nitrogens with zero attached hydrogens (tertiary/aromatic N) is 1. The van der Waals surface area contributed by atoms with Crippen molar-refractivity contribution in [2.45, 2.75) is 13.3 Å². The van der Waals surface area contributed by atoms with E-state index in [1.165, 1.54) is 25.2 Å². The van der Waals surface area contributed by atoms with Crippen molar-refractivity contribution in [2.24, 2.45) is 11.8 Å². The third-order valence-corrected chi connectivity index (χ3v) is 4.21. The fraction of sp³-hybridized carbons (Fsp3) is 0.500. The number of piperidine rings is 1. The summed E-state index contributed by atoms with van der Waals surface area (Å²) in [6.07, 6.45) is 0.358. The zero-order chi connectivity index (χ0) is 17.1. The highest BCUT2D eigenvalue weighted by Gasteiger charge is 2.34. The van der Waals surface area contributed by atoms with Crippen molar-refractivity contribution in [3.8, 4) is 11.5 Å². The Balaban J connectivity index is 2.23. The Morgan fingerprint density at radius 3 is 2.39 bits per heavy atom. The molecule has 0 saturated carbocycles. The first-order valence-electron chi connectivity index (χ1n) is 7.32. The maximum Gasteiger partial charge on any atom is 0.306 e. The Bertz CT molecular complexity index is 619. The quantitative estimate of drug-likeness (QED) is 0.916. The zero-order valence-corrected chi connectivity index (χ0v) is 13.3. The van der Waals surface area contributed by atoms with Gasteiger partial charge in [0.1, 0.15) is 5.82 Å². The van der Waals surface area contributed by atoms with Gasteiger partial charge in [-0.3, -0.25) is 9.59 Å². The highest BCUT2D eigenvalue weighted by molar-refractivity contribution is 5.95. The van der Waals surface area contributed by atoms with Gasteiger partial charge in [0.2, 0.25) is 0 Å². The molecule has 2 rings (SSSR count). The lowest BCUT2D eigenvalue weighted by Gasteiger charge is -2.35. The highest BCUT2D eigenvalue weighted by atomic mass is 19.1. The lowest BCUT2D eigenvalue weighted by atomic mass is 9.87. The number of likely N-dealkylation sites (tertiary alicyclic amines) is 1. The van der Waals surface area contributed by atoms with E-state index < -0.39 is 23.6 Å². The van der Waals surface area contributed by atoms with Crippen LogP contribution in [0.4, 0.5) is 4.39 Å². The Morgan fingerprint density at radius 2 is 1.87 bits per heavy atom. The SMILES string of the molecule is COc1cc(F)c(C(=O)N2CCC(C(=O)O)C(C)C2)cc1OC. The van der Waals surface area contributed by atoms with Crippen molar-refractivity contribution < 1.29 is 28.6 Å². The van der Waals surface area contributed by atoms with E-state index in [-0.39, 0.29) is 36.1 Å². The lowest BCUT2D eigenvalue weighted by Crippen LogP contribution is -2.45. The second kappa shape index (κ2) is 6.85. The maximum atomic E-state index is 14.2. The Labute approximate surface area is 133 Å². The number of ether oxygens (including phenoxy) is 2. The molecule has 6 nitrogen and oxygen atoms in total. The number of carboxylic acid groups (broad SMARTS) is 1. The number of carbonyl (C=O) groups is 2. The molecule has 126 valence electrons. The van der Waals surface area contributed by atoms with Crippen LogP contribution in [0.25, 0.3) is 0 Å². The highest BCUT2D eigenvalue weighted by Crippen LogP contribution is 2.31. The first kappa shape index (κ1) is 17.1. The molecule has 1 aromatic rings. The third-order valence-electron chi connectivity index (χ3n) is 4.21. The van der Waals surface area contributed by atoms with E-state index in [1.54, 1.807) is 6.92 Å². The summed E-state index contributed by atoms with van der Waals surface area (Å²) in [5.74, 6) is -2.21. The molecule has 1 aliphatic heterocycles. The number of methoxy groups -OCH3 is 2. The van der Waals surface area contributed by atoms with E-state index >= 15 is 0 Å². The van der Waals surface area contributed by atoms with E-state index in [1.807, 2.05) is 0 Å². The molecule has 0 aromatic heterocycles. The van der Waals surface area contributed by atoms with E-state index in [9.17, 15) is 14.0 Å². The summed E-state index contributed by atoms with van der Waals surface area (Å²) in [5, 5.41) is 9.13. The van der Waals surface area contributed by atoms with Crippen molar-refractivity contribution in [2.75, 3.05) is 27.3 Å². The van der Waals surface area contributed by atoms with Gasteiger partial charge in [0.05, 0.1) is 25.7 Å². The summed E-state index contributed by atoms with van der Waals surface area (Å²) in [4.78, 5) is 25.2. The minimum absolute atomic E-state index is 0.108. The molecule has 23 heavy (non-hydrogen) atoms. The number of aliphatic carboxylic acids is 1. The van der Waals surface area contributed by atoms with Crippen molar-refractivity contribution in [1.29, 1.82) is 0 Å². The average molecular weight is 325 g/mol. The molecule has 2 atom stereocenters. The second-order valence-electron chi connectivity index (χ2n) is 5.65. The van der Waals surface area contributed by atoms with Gasteiger partial charge < -0.3 is 19.5 Å². The van der Waals surface area contributed by atoms with Gasteiger partial charge in [-0.05, 0) is 18.4 Å². The number of rotatable bonds is 4. The molecule has 7 heteroatoms. The number of carbonyl (C=O) groups excluding carboxylic acids is 1. The Morgan fingerprint density at radius 1 is 1.26 bits per heavy atom. The van der Waals surface area contributed by atoms with Gasteiger partial charge in [-0.1, -0.05) is 6.92 Å². The van der Waals surface area contributed by atoms with E-state index in [4.69, 9.17) is 14.6 Å². The zero-order valence-electron chi connectivity index (χ0n) is 13.3. The fourth-order valence-corrected chi connectivity index (χ4v) is 2.89. The first-order chi connectivity index (χ1) is 10.9. The fourth-order valence-electron chi connectivity index (χ4n) is 2.89. The topological polar surface area (TPSA) is 76.1 Å². The number of hydrogen-bond acceptors (Lipinski definition) is 4. The predicted molar refractivity (Wildman–Crippen MR) is 80.3 cm³/mol. The van der Waals surface area contributed by atoms with Crippen molar-refractivity contribution in [1.82, 2.24) is 4.90 Å². The predicted octanol–water partition coefficient (Wildman–Crippen LogP) is 2.03. The average Bonchev–Trinajstić information content (AvgIpc) is 2.53. The van der Waals surface area contributed by atoms with Gasteiger partial charge in [0.15, 0.2) is 11.5 Å². The van der Waals surface area contributed by atoms with Crippen LogP contribution in [0, 0.1) is 17.7 Å². The Kier molecular flexibility index (Phi) is 5.08. The largest absolute Gasteiger partial charge is 0.493 e.